The summed E-state index contributed by atoms with van der Waals surface area (Å²) in [6, 6.07) is 4.88. The van der Waals surface area contributed by atoms with E-state index in [1.807, 2.05) is 0 Å². The van der Waals surface area contributed by atoms with Crippen LogP contribution in [0.1, 0.15) is 16.8 Å². The van der Waals surface area contributed by atoms with Gasteiger partial charge in [-0.25, -0.2) is 4.79 Å². The van der Waals surface area contributed by atoms with Gasteiger partial charge in [-0.2, -0.15) is 0 Å². The lowest BCUT2D eigenvalue weighted by Crippen LogP contribution is -2.25. The summed E-state index contributed by atoms with van der Waals surface area (Å²) in [5, 5.41) is 0. The maximum Gasteiger partial charge on any atom is 0.337 e. The topological polar surface area (TPSA) is 55.8 Å². The summed E-state index contributed by atoms with van der Waals surface area (Å²) < 4.78 is 9.94. The molecule has 0 saturated carbocycles. The van der Waals surface area contributed by atoms with Gasteiger partial charge >= 0.3 is 5.97 Å². The van der Waals surface area contributed by atoms with Crippen molar-refractivity contribution < 1.29 is 19.1 Å². The molecule has 2 rings (SSSR count). The average molecular weight is 298 g/mol. The number of nitrogens with zero attached hydrogens (tertiary/aromatic N) is 1. The molecule has 0 radical (unpaired) electrons. The first-order valence-corrected chi connectivity index (χ1v) is 6.76. The molecule has 1 heterocycles. The number of anilines is 1. The van der Waals surface area contributed by atoms with Gasteiger partial charge in [-0.15, -0.1) is 11.6 Å². The molecule has 0 aromatic heterocycles. The fraction of sp³-hybridized carbons (Fsp3) is 0.429. The average Bonchev–Trinajstić information content (AvgIpc) is 2.86. The van der Waals surface area contributed by atoms with Crippen molar-refractivity contribution >= 4 is 29.2 Å². The van der Waals surface area contributed by atoms with Crippen LogP contribution >= 0.6 is 11.6 Å². The first-order chi connectivity index (χ1) is 9.60. The highest BCUT2D eigenvalue weighted by Gasteiger charge is 2.31. The van der Waals surface area contributed by atoms with E-state index in [4.69, 9.17) is 16.3 Å². The number of ether oxygens (including phenoxy) is 2. The smallest absolute Gasteiger partial charge is 0.337 e. The van der Waals surface area contributed by atoms with E-state index < -0.39 is 5.97 Å². The molecule has 1 aliphatic heterocycles. The number of methoxy groups -OCH3 is 2. The number of halogens is 1. The molecular weight excluding hydrogens is 282 g/mol. The molecule has 0 bridgehead atoms. The van der Waals surface area contributed by atoms with E-state index in [9.17, 15) is 9.59 Å². The van der Waals surface area contributed by atoms with Gasteiger partial charge < -0.3 is 14.4 Å². The van der Waals surface area contributed by atoms with E-state index in [1.165, 1.54) is 14.2 Å². The Labute approximate surface area is 122 Å². The van der Waals surface area contributed by atoms with Crippen LogP contribution in [0.3, 0.4) is 0 Å². The van der Waals surface area contributed by atoms with Crippen molar-refractivity contribution in [1.82, 2.24) is 0 Å². The molecule has 20 heavy (non-hydrogen) atoms. The van der Waals surface area contributed by atoms with Crippen LogP contribution in [0.4, 0.5) is 5.69 Å². The molecule has 5 nitrogen and oxygen atoms in total. The summed E-state index contributed by atoms with van der Waals surface area (Å²) in [7, 11) is 2.82. The lowest BCUT2D eigenvalue weighted by molar-refractivity contribution is -0.117. The number of rotatable bonds is 4. The van der Waals surface area contributed by atoms with Crippen LogP contribution in [0, 0.1) is 5.92 Å². The monoisotopic (exact) mass is 297 g/mol. The van der Waals surface area contributed by atoms with Crippen LogP contribution in [0.5, 0.6) is 5.75 Å². The Morgan fingerprint density at radius 1 is 1.45 bits per heavy atom. The highest BCUT2D eigenvalue weighted by molar-refractivity contribution is 6.18. The predicted molar refractivity (Wildman–Crippen MR) is 75.5 cm³/mol. The zero-order valence-electron chi connectivity index (χ0n) is 11.4. The molecule has 1 aromatic carbocycles. The Morgan fingerprint density at radius 3 is 2.75 bits per heavy atom. The Balaban J connectivity index is 2.33. The fourth-order valence-electron chi connectivity index (χ4n) is 2.26. The summed E-state index contributed by atoms with van der Waals surface area (Å²) in [5.74, 6) is 0.636. The van der Waals surface area contributed by atoms with Crippen molar-refractivity contribution in [1.29, 1.82) is 0 Å². The van der Waals surface area contributed by atoms with Crippen molar-refractivity contribution in [3.05, 3.63) is 23.8 Å². The van der Waals surface area contributed by atoms with E-state index in [0.29, 0.717) is 35.8 Å². The van der Waals surface area contributed by atoms with Gasteiger partial charge in [-0.1, -0.05) is 0 Å². The molecule has 6 heteroatoms. The Bertz CT molecular complexity index is 532. The van der Waals surface area contributed by atoms with E-state index >= 15 is 0 Å². The quantitative estimate of drug-likeness (QED) is 0.631. The Kier molecular flexibility index (Phi) is 4.49. The lowest BCUT2D eigenvalue weighted by Gasteiger charge is -2.20. The van der Waals surface area contributed by atoms with Crippen molar-refractivity contribution in [3.63, 3.8) is 0 Å². The van der Waals surface area contributed by atoms with Gasteiger partial charge in [-0.05, 0) is 24.1 Å². The van der Waals surface area contributed by atoms with Gasteiger partial charge in [0.05, 0.1) is 25.5 Å². The zero-order valence-corrected chi connectivity index (χ0v) is 12.1. The first-order valence-electron chi connectivity index (χ1n) is 6.23. The zero-order chi connectivity index (χ0) is 14.7. The van der Waals surface area contributed by atoms with Crippen LogP contribution in [-0.2, 0) is 9.53 Å². The molecule has 108 valence electrons. The molecule has 0 spiro atoms. The van der Waals surface area contributed by atoms with Gasteiger partial charge in [0.1, 0.15) is 5.75 Å². The number of carbonyl (C=O) groups is 2. The molecule has 1 amide bonds. The van der Waals surface area contributed by atoms with Crippen LogP contribution in [0.25, 0.3) is 0 Å². The normalized spacial score (nSPS) is 18.2. The summed E-state index contributed by atoms with van der Waals surface area (Å²) in [5.41, 5.74) is 1.03. The van der Waals surface area contributed by atoms with E-state index in [0.717, 1.165) is 0 Å². The predicted octanol–water partition coefficient (Wildman–Crippen LogP) is 2.07. The highest BCUT2D eigenvalue weighted by Crippen LogP contribution is 2.34. The van der Waals surface area contributed by atoms with Crippen LogP contribution < -0.4 is 9.64 Å². The van der Waals surface area contributed by atoms with E-state index in [2.05, 4.69) is 4.74 Å². The second kappa shape index (κ2) is 6.13. The van der Waals surface area contributed by atoms with Crippen molar-refractivity contribution in [2.24, 2.45) is 5.92 Å². The van der Waals surface area contributed by atoms with Gasteiger partial charge in [0.2, 0.25) is 5.91 Å². The molecule has 1 fully saturated rings. The van der Waals surface area contributed by atoms with Crippen LogP contribution in [0.15, 0.2) is 18.2 Å². The van der Waals surface area contributed by atoms with E-state index in [-0.39, 0.29) is 11.8 Å². The molecule has 0 aliphatic carbocycles. The van der Waals surface area contributed by atoms with Crippen LogP contribution in [-0.4, -0.2) is 38.5 Å². The second-order valence-electron chi connectivity index (χ2n) is 4.61. The molecule has 0 N–H and O–H groups in total. The molecular formula is C14H16ClNO4. The second-order valence-corrected chi connectivity index (χ2v) is 4.92. The third-order valence-corrected chi connectivity index (χ3v) is 3.75. The fourth-order valence-corrected chi connectivity index (χ4v) is 2.47. The van der Waals surface area contributed by atoms with Crippen molar-refractivity contribution in [2.75, 3.05) is 31.5 Å². The number of carbonyl (C=O) groups excluding carboxylic acids is 2. The minimum Gasteiger partial charge on any atom is -0.495 e. The van der Waals surface area contributed by atoms with Crippen molar-refractivity contribution in [2.45, 2.75) is 6.42 Å². The molecule has 1 unspecified atom stereocenters. The Hall–Kier alpha value is -1.75. The molecule has 1 aromatic rings. The number of hydrogen-bond donors (Lipinski definition) is 0. The number of alkyl halides is 1. The third-order valence-electron chi connectivity index (χ3n) is 3.31. The minimum absolute atomic E-state index is 0.0137. The minimum atomic E-state index is -0.443. The molecule has 1 aliphatic rings. The summed E-state index contributed by atoms with van der Waals surface area (Å²) in [6.45, 7) is 0.566. The first kappa shape index (κ1) is 14.7. The highest BCUT2D eigenvalue weighted by atomic mass is 35.5. The summed E-state index contributed by atoms with van der Waals surface area (Å²) in [6.07, 6.45) is 0.436. The maximum absolute atomic E-state index is 12.0. The SMILES string of the molecule is COC(=O)c1ccc(N2CC(CCl)CC2=O)c(OC)c1. The summed E-state index contributed by atoms with van der Waals surface area (Å²) >= 11 is 5.81. The standard InChI is InChI=1S/C14H16ClNO4/c1-19-12-6-10(14(18)20-2)3-4-11(12)16-8-9(7-15)5-13(16)17/h3-4,6,9H,5,7-8H2,1-2H3. The maximum atomic E-state index is 12.0. The third kappa shape index (κ3) is 2.72. The lowest BCUT2D eigenvalue weighted by atomic mass is 10.1. The van der Waals surface area contributed by atoms with Gasteiger partial charge in [0, 0.05) is 18.8 Å². The van der Waals surface area contributed by atoms with Crippen molar-refractivity contribution in [3.8, 4) is 5.75 Å². The summed E-state index contributed by atoms with van der Waals surface area (Å²) in [4.78, 5) is 25.2. The number of esters is 1. The van der Waals surface area contributed by atoms with Gasteiger partial charge in [0.15, 0.2) is 0 Å². The number of hydrogen-bond acceptors (Lipinski definition) is 4. The van der Waals surface area contributed by atoms with E-state index in [1.54, 1.807) is 23.1 Å². The number of amides is 1. The van der Waals surface area contributed by atoms with Gasteiger partial charge in [0.25, 0.3) is 0 Å². The molecule has 1 saturated heterocycles. The Morgan fingerprint density at radius 2 is 2.20 bits per heavy atom. The number of benzene rings is 1. The van der Waals surface area contributed by atoms with Crippen LogP contribution in [0.2, 0.25) is 0 Å². The molecule has 1 atom stereocenters. The largest absolute Gasteiger partial charge is 0.495 e. The van der Waals surface area contributed by atoms with Gasteiger partial charge in [-0.3, -0.25) is 4.79 Å².